The second kappa shape index (κ2) is 7.95. The molecule has 150 valence electrons. The third-order valence-electron chi connectivity index (χ3n) is 6.40. The third-order valence-corrected chi connectivity index (χ3v) is 6.40. The van der Waals surface area contributed by atoms with Gasteiger partial charge in [0, 0.05) is 24.0 Å². The number of aryl methyl sites for hydroxylation is 1. The van der Waals surface area contributed by atoms with Crippen molar-refractivity contribution in [2.45, 2.75) is 51.5 Å². The maximum atomic E-state index is 12.6. The van der Waals surface area contributed by atoms with Crippen molar-refractivity contribution in [3.63, 3.8) is 0 Å². The average Bonchev–Trinajstić information content (AvgIpc) is 2.69. The lowest BCUT2D eigenvalue weighted by Crippen LogP contribution is -2.51. The SMILES string of the molecule is Cc1c(CC(=O)NC[C@@H]2CCCN3CCCC[C@H]23)c(=O)oc2cc(O)ccc12. The molecule has 2 aliphatic rings. The largest absolute Gasteiger partial charge is 0.508 e. The molecule has 0 unspecified atom stereocenters. The summed E-state index contributed by atoms with van der Waals surface area (Å²) >= 11 is 0. The maximum absolute atomic E-state index is 12.6. The molecule has 1 aromatic carbocycles. The zero-order chi connectivity index (χ0) is 19.7. The summed E-state index contributed by atoms with van der Waals surface area (Å²) in [4.78, 5) is 27.5. The molecule has 2 saturated heterocycles. The van der Waals surface area contributed by atoms with E-state index in [9.17, 15) is 14.7 Å². The van der Waals surface area contributed by atoms with Gasteiger partial charge in [-0.3, -0.25) is 4.79 Å². The maximum Gasteiger partial charge on any atom is 0.340 e. The summed E-state index contributed by atoms with van der Waals surface area (Å²) in [6, 6.07) is 5.28. The number of amides is 1. The lowest BCUT2D eigenvalue weighted by atomic mass is 9.83. The summed E-state index contributed by atoms with van der Waals surface area (Å²) in [7, 11) is 0. The molecule has 6 heteroatoms. The molecular weight excluding hydrogens is 356 g/mol. The molecule has 4 rings (SSSR count). The first-order chi connectivity index (χ1) is 13.5. The van der Waals surface area contributed by atoms with Crippen LogP contribution in [0.25, 0.3) is 11.0 Å². The van der Waals surface area contributed by atoms with Gasteiger partial charge >= 0.3 is 5.63 Å². The fraction of sp³-hybridized carbons (Fsp3) is 0.545. The highest BCUT2D eigenvalue weighted by molar-refractivity contribution is 5.85. The Kier molecular flexibility index (Phi) is 5.40. The summed E-state index contributed by atoms with van der Waals surface area (Å²) < 4.78 is 5.32. The van der Waals surface area contributed by atoms with Crippen molar-refractivity contribution in [2.24, 2.45) is 5.92 Å². The summed E-state index contributed by atoms with van der Waals surface area (Å²) in [5, 5.41) is 13.4. The predicted octanol–water partition coefficient (Wildman–Crippen LogP) is 2.73. The molecule has 0 aliphatic carbocycles. The highest BCUT2D eigenvalue weighted by Crippen LogP contribution is 2.30. The van der Waals surface area contributed by atoms with Crippen molar-refractivity contribution in [2.75, 3.05) is 19.6 Å². The van der Waals surface area contributed by atoms with E-state index in [0.717, 1.165) is 17.4 Å². The Balaban J connectivity index is 1.44. The topological polar surface area (TPSA) is 82.8 Å². The second-order valence-corrected chi connectivity index (χ2v) is 8.16. The molecule has 2 aromatic rings. The first-order valence-electron chi connectivity index (χ1n) is 10.3. The number of carbonyl (C=O) groups is 1. The first-order valence-corrected chi connectivity index (χ1v) is 10.3. The molecule has 2 N–H and O–H groups in total. The summed E-state index contributed by atoms with van der Waals surface area (Å²) in [6.07, 6.45) is 6.15. The van der Waals surface area contributed by atoms with Crippen molar-refractivity contribution >= 4 is 16.9 Å². The Bertz CT molecular complexity index is 934. The van der Waals surface area contributed by atoms with E-state index in [1.807, 2.05) is 6.92 Å². The van der Waals surface area contributed by atoms with Gasteiger partial charge in [0.2, 0.25) is 5.91 Å². The molecule has 2 aliphatic heterocycles. The van der Waals surface area contributed by atoms with Gasteiger partial charge in [0.25, 0.3) is 0 Å². The van der Waals surface area contributed by atoms with Crippen LogP contribution in [0.3, 0.4) is 0 Å². The predicted molar refractivity (Wildman–Crippen MR) is 108 cm³/mol. The molecule has 2 fully saturated rings. The number of benzene rings is 1. The molecule has 1 aromatic heterocycles. The third kappa shape index (κ3) is 3.78. The second-order valence-electron chi connectivity index (χ2n) is 8.16. The minimum atomic E-state index is -0.512. The van der Waals surface area contributed by atoms with Crippen LogP contribution in [0.4, 0.5) is 0 Å². The van der Waals surface area contributed by atoms with Crippen molar-refractivity contribution in [1.29, 1.82) is 0 Å². The summed E-state index contributed by atoms with van der Waals surface area (Å²) in [6.45, 7) is 4.86. The molecular formula is C22H28N2O4. The molecule has 6 nitrogen and oxygen atoms in total. The Morgan fingerprint density at radius 3 is 2.93 bits per heavy atom. The monoisotopic (exact) mass is 384 g/mol. The molecule has 0 spiro atoms. The molecule has 2 atom stereocenters. The smallest absolute Gasteiger partial charge is 0.340 e. The quantitative estimate of drug-likeness (QED) is 0.792. The number of nitrogens with zero attached hydrogens (tertiary/aromatic N) is 1. The standard InChI is InChI=1S/C22H28N2O4/c1-14-17-8-7-16(25)11-20(17)28-22(27)18(14)12-21(26)23-13-15-5-4-10-24-9-3-2-6-19(15)24/h7-8,11,15,19,25H,2-6,9-10,12-13H2,1H3,(H,23,26)/t15-,19+/m0/s1. The van der Waals surface area contributed by atoms with Crippen molar-refractivity contribution in [3.8, 4) is 5.75 Å². The number of rotatable bonds is 4. The number of piperidine rings is 2. The average molecular weight is 384 g/mol. The highest BCUT2D eigenvalue weighted by Gasteiger charge is 2.33. The molecule has 1 amide bonds. The van der Waals surface area contributed by atoms with Gasteiger partial charge in [-0.1, -0.05) is 6.42 Å². The Hall–Kier alpha value is -2.34. The van der Waals surface area contributed by atoms with Gasteiger partial charge in [0.15, 0.2) is 0 Å². The van der Waals surface area contributed by atoms with E-state index in [-0.39, 0.29) is 18.1 Å². The van der Waals surface area contributed by atoms with Gasteiger partial charge in [0.1, 0.15) is 11.3 Å². The van der Waals surface area contributed by atoms with Crippen LogP contribution in [-0.2, 0) is 11.2 Å². The van der Waals surface area contributed by atoms with Gasteiger partial charge in [-0.25, -0.2) is 4.79 Å². The van der Waals surface area contributed by atoms with E-state index in [2.05, 4.69) is 10.2 Å². The zero-order valence-electron chi connectivity index (χ0n) is 16.4. The van der Waals surface area contributed by atoms with Gasteiger partial charge in [-0.2, -0.15) is 0 Å². The van der Waals surface area contributed by atoms with Crippen molar-refractivity contribution < 1.29 is 14.3 Å². The number of fused-ring (bicyclic) bond motifs is 2. The number of hydrogen-bond donors (Lipinski definition) is 2. The Morgan fingerprint density at radius 1 is 1.25 bits per heavy atom. The Labute approximate surface area is 164 Å². The van der Waals surface area contributed by atoms with E-state index in [4.69, 9.17) is 4.42 Å². The summed E-state index contributed by atoms with van der Waals surface area (Å²) in [5.41, 5.74) is 0.948. The van der Waals surface area contributed by atoms with Crippen molar-refractivity contribution in [1.82, 2.24) is 10.2 Å². The minimum Gasteiger partial charge on any atom is -0.508 e. The number of hydrogen-bond acceptors (Lipinski definition) is 5. The van der Waals surface area contributed by atoms with Crippen LogP contribution < -0.4 is 10.9 Å². The number of aromatic hydroxyl groups is 1. The van der Waals surface area contributed by atoms with E-state index < -0.39 is 5.63 Å². The van der Waals surface area contributed by atoms with Gasteiger partial charge < -0.3 is 19.7 Å². The zero-order valence-corrected chi connectivity index (χ0v) is 16.4. The van der Waals surface area contributed by atoms with Gasteiger partial charge in [0.05, 0.1) is 12.0 Å². The van der Waals surface area contributed by atoms with Gasteiger partial charge in [-0.15, -0.1) is 0 Å². The van der Waals surface area contributed by atoms with Crippen LogP contribution in [-0.4, -0.2) is 41.6 Å². The van der Waals surface area contributed by atoms with Crippen molar-refractivity contribution in [3.05, 3.63) is 39.7 Å². The number of carbonyl (C=O) groups excluding carboxylic acids is 1. The minimum absolute atomic E-state index is 0.0199. The van der Waals surface area contributed by atoms with Crippen LogP contribution in [0.15, 0.2) is 27.4 Å². The molecule has 28 heavy (non-hydrogen) atoms. The van der Waals surface area contributed by atoms with Crippen LogP contribution in [0.2, 0.25) is 0 Å². The first kappa shape index (κ1) is 19.0. The molecule has 3 heterocycles. The van der Waals surface area contributed by atoms with Gasteiger partial charge in [-0.05, 0) is 69.3 Å². The highest BCUT2D eigenvalue weighted by atomic mass is 16.4. The van der Waals surface area contributed by atoms with E-state index in [1.165, 1.54) is 44.8 Å². The normalized spacial score (nSPS) is 22.8. The number of nitrogens with one attached hydrogen (secondary N) is 1. The fourth-order valence-electron chi connectivity index (χ4n) is 4.87. The van der Waals surface area contributed by atoms with Crippen LogP contribution in [0, 0.1) is 12.8 Å². The van der Waals surface area contributed by atoms with E-state index >= 15 is 0 Å². The summed E-state index contributed by atoms with van der Waals surface area (Å²) in [5.74, 6) is 0.404. The van der Waals surface area contributed by atoms with E-state index in [0.29, 0.717) is 29.7 Å². The fourth-order valence-corrected chi connectivity index (χ4v) is 4.87. The molecule has 0 saturated carbocycles. The number of phenols is 1. The van der Waals surface area contributed by atoms with Crippen LogP contribution in [0.1, 0.15) is 43.2 Å². The van der Waals surface area contributed by atoms with E-state index in [1.54, 1.807) is 12.1 Å². The van der Waals surface area contributed by atoms with Crippen LogP contribution in [0.5, 0.6) is 5.75 Å². The lowest BCUT2D eigenvalue weighted by molar-refractivity contribution is -0.120. The molecule has 0 bridgehead atoms. The lowest BCUT2D eigenvalue weighted by Gasteiger charge is -2.44. The Morgan fingerprint density at radius 2 is 2.07 bits per heavy atom. The number of phenolic OH excluding ortho intramolecular Hbond substituents is 1. The molecule has 0 radical (unpaired) electrons. The van der Waals surface area contributed by atoms with Crippen LogP contribution >= 0.6 is 0 Å².